The molecule has 6 rings (SSSR count). The van der Waals surface area contributed by atoms with Gasteiger partial charge in [-0.25, -0.2) is 0 Å². The van der Waals surface area contributed by atoms with Crippen LogP contribution in [-0.2, 0) is 47.5 Å². The predicted octanol–water partition coefficient (Wildman–Crippen LogP) is 6.12. The molecule has 11 nitrogen and oxygen atoms in total. The number of nitrogens with zero attached hydrogens (tertiary/aromatic N) is 1. The fourth-order valence-electron chi connectivity index (χ4n) is 10.9. The van der Waals surface area contributed by atoms with Gasteiger partial charge in [0.25, 0.3) is 0 Å². The van der Waals surface area contributed by atoms with Gasteiger partial charge in [-0.05, 0) is 115 Å². The van der Waals surface area contributed by atoms with Gasteiger partial charge < -0.3 is 42.8 Å². The minimum atomic E-state index is -0.601. The van der Waals surface area contributed by atoms with Gasteiger partial charge >= 0.3 is 5.97 Å². The molecule has 0 spiro atoms. The van der Waals surface area contributed by atoms with Crippen LogP contribution in [0.15, 0.2) is 23.3 Å². The first-order valence-corrected chi connectivity index (χ1v) is 20.8. The number of methoxy groups -OCH3 is 3. The Morgan fingerprint density at radius 1 is 0.796 bits per heavy atom. The lowest BCUT2D eigenvalue weighted by Gasteiger charge is -2.44. The maximum atomic E-state index is 14.8. The molecule has 0 aromatic rings. The lowest BCUT2D eigenvalue weighted by Crippen LogP contribution is -2.59. The first-order chi connectivity index (χ1) is 25.8. The second kappa shape index (κ2) is 17.8. The number of carbonyl (C=O) groups excluding carboxylic acids is 2. The van der Waals surface area contributed by atoms with E-state index in [0.717, 1.165) is 44.1 Å². The maximum absolute atomic E-state index is 14.8. The Morgan fingerprint density at radius 3 is 2.17 bits per heavy atom. The molecule has 0 aromatic heterocycles. The van der Waals surface area contributed by atoms with E-state index in [0.29, 0.717) is 18.4 Å². The van der Waals surface area contributed by atoms with Crippen molar-refractivity contribution in [3.05, 3.63) is 23.3 Å². The van der Waals surface area contributed by atoms with Crippen LogP contribution in [0.25, 0.3) is 0 Å². The zero-order valence-electron chi connectivity index (χ0n) is 34.7. The summed E-state index contributed by atoms with van der Waals surface area (Å²) in [7, 11) is 9.17. The van der Waals surface area contributed by atoms with Crippen LogP contribution in [-0.4, -0.2) is 120 Å². The Labute approximate surface area is 324 Å². The van der Waals surface area contributed by atoms with Crippen LogP contribution in [0.4, 0.5) is 0 Å². The van der Waals surface area contributed by atoms with Crippen LogP contribution in [0, 0.1) is 41.4 Å². The van der Waals surface area contributed by atoms with E-state index in [9.17, 15) is 9.59 Å². The average Bonchev–Trinajstić information content (AvgIpc) is 3.71. The highest BCUT2D eigenvalue weighted by Crippen LogP contribution is 2.56. The number of esters is 1. The lowest BCUT2D eigenvalue weighted by atomic mass is 9.67. The Morgan fingerprint density at radius 2 is 1.52 bits per heavy atom. The molecule has 17 atom stereocenters. The lowest BCUT2D eigenvalue weighted by molar-refractivity contribution is -0.314. The number of likely N-dealkylation sites (N-methyl/N-ethyl adjacent to an activating group) is 1. The summed E-state index contributed by atoms with van der Waals surface area (Å²) in [6.07, 6.45) is 7.71. The molecule has 306 valence electrons. The zero-order valence-corrected chi connectivity index (χ0v) is 34.7. The summed E-state index contributed by atoms with van der Waals surface area (Å²) in [6.45, 7) is 12.5. The van der Waals surface area contributed by atoms with E-state index in [4.69, 9.17) is 37.9 Å². The largest absolute Gasteiger partial charge is 0.462 e. The number of rotatable bonds is 9. The van der Waals surface area contributed by atoms with Crippen molar-refractivity contribution >= 4 is 11.8 Å². The summed E-state index contributed by atoms with van der Waals surface area (Å²) in [5, 5.41) is 0. The second-order valence-electron chi connectivity index (χ2n) is 17.7. The molecular weight excluding hydrogens is 690 g/mol. The van der Waals surface area contributed by atoms with Crippen molar-refractivity contribution in [2.75, 3.05) is 35.4 Å². The van der Waals surface area contributed by atoms with Crippen LogP contribution >= 0.6 is 0 Å². The highest BCUT2D eigenvalue weighted by atomic mass is 16.7. The maximum Gasteiger partial charge on any atom is 0.306 e. The third-order valence-corrected chi connectivity index (χ3v) is 13.9. The summed E-state index contributed by atoms with van der Waals surface area (Å²) in [4.78, 5) is 30.7. The van der Waals surface area contributed by atoms with Crippen molar-refractivity contribution in [1.29, 1.82) is 0 Å². The van der Waals surface area contributed by atoms with Gasteiger partial charge in [-0.2, -0.15) is 0 Å². The number of allylic oxidation sites excluding steroid dienone is 4. The first-order valence-electron chi connectivity index (χ1n) is 20.8. The molecule has 0 N–H and O–H groups in total. The molecule has 0 aromatic carbocycles. The van der Waals surface area contributed by atoms with Gasteiger partial charge in [-0.15, -0.1) is 0 Å². The molecule has 6 aliphatic rings. The van der Waals surface area contributed by atoms with Crippen LogP contribution in [0.3, 0.4) is 0 Å². The fourth-order valence-corrected chi connectivity index (χ4v) is 10.9. The van der Waals surface area contributed by atoms with Crippen LogP contribution in [0.2, 0.25) is 0 Å². The van der Waals surface area contributed by atoms with Crippen LogP contribution in [0.5, 0.6) is 0 Å². The number of hydrogen-bond donors (Lipinski definition) is 0. The van der Waals surface area contributed by atoms with E-state index in [-0.39, 0.29) is 103 Å². The molecule has 0 amide bonds. The van der Waals surface area contributed by atoms with Crippen molar-refractivity contribution in [2.45, 2.75) is 160 Å². The third-order valence-electron chi connectivity index (χ3n) is 13.9. The van der Waals surface area contributed by atoms with Crippen molar-refractivity contribution in [3.8, 4) is 0 Å². The Kier molecular flexibility index (Phi) is 13.8. The van der Waals surface area contributed by atoms with Crippen molar-refractivity contribution in [2.24, 2.45) is 41.4 Å². The molecule has 3 aliphatic carbocycles. The number of ether oxygens (including phenoxy) is 8. The van der Waals surface area contributed by atoms with Gasteiger partial charge in [0.1, 0.15) is 24.4 Å². The van der Waals surface area contributed by atoms with Crippen LogP contribution < -0.4 is 0 Å². The first kappa shape index (κ1) is 41.9. The smallest absolute Gasteiger partial charge is 0.306 e. The summed E-state index contributed by atoms with van der Waals surface area (Å²) in [5.74, 6) is 0.156. The van der Waals surface area contributed by atoms with Crippen molar-refractivity contribution < 1.29 is 47.5 Å². The fraction of sp³-hybridized carbons (Fsp3) is 0.860. The summed E-state index contributed by atoms with van der Waals surface area (Å²) < 4.78 is 49.9. The van der Waals surface area contributed by atoms with E-state index in [1.165, 1.54) is 5.57 Å². The van der Waals surface area contributed by atoms with Gasteiger partial charge in [0, 0.05) is 39.2 Å². The minimum absolute atomic E-state index is 0.0325. The highest BCUT2D eigenvalue weighted by molar-refractivity contribution is 5.99. The molecule has 0 radical (unpaired) electrons. The van der Waals surface area contributed by atoms with E-state index in [1.807, 2.05) is 13.8 Å². The van der Waals surface area contributed by atoms with Gasteiger partial charge in [0.15, 0.2) is 18.4 Å². The van der Waals surface area contributed by atoms with Gasteiger partial charge in [-0.3, -0.25) is 9.59 Å². The molecule has 3 aliphatic heterocycles. The predicted molar refractivity (Wildman–Crippen MR) is 203 cm³/mol. The normalized spacial score (nSPS) is 44.8. The average molecular weight is 760 g/mol. The number of carbonyl (C=O) groups is 2. The number of fused-ring (bicyclic) bond motifs is 5. The molecule has 11 heteroatoms. The Hall–Kier alpha value is -1.70. The second-order valence-corrected chi connectivity index (χ2v) is 17.7. The molecule has 54 heavy (non-hydrogen) atoms. The van der Waals surface area contributed by atoms with Crippen molar-refractivity contribution in [1.82, 2.24) is 4.90 Å². The van der Waals surface area contributed by atoms with Crippen LogP contribution in [0.1, 0.15) is 92.9 Å². The monoisotopic (exact) mass is 759 g/mol. The molecule has 3 heterocycles. The third kappa shape index (κ3) is 8.59. The number of hydrogen-bond acceptors (Lipinski definition) is 11. The molecule has 17 unspecified atom stereocenters. The molecule has 1 saturated carbocycles. The molecular formula is C43H69NO10. The van der Waals surface area contributed by atoms with E-state index >= 15 is 0 Å². The minimum Gasteiger partial charge on any atom is -0.462 e. The SMILES string of the molecule is COC1C(C)OC(OC2CC3C(C)=CC4C5CC(=O)OC(C(C)C)CCCC(OC6CCC(N(C)C)C(C)O6)C(C)C(=O)C5=CC4C3C2)C(OC)C1OC. The summed E-state index contributed by atoms with van der Waals surface area (Å²) in [5.41, 5.74) is 2.07. The van der Waals surface area contributed by atoms with Gasteiger partial charge in [0.05, 0.1) is 30.8 Å². The van der Waals surface area contributed by atoms with Crippen molar-refractivity contribution in [3.63, 3.8) is 0 Å². The Bertz CT molecular complexity index is 1370. The standard InChI is InChI=1S/C43H69NO10/c1-22(2)35-13-12-14-36(54-38-16-15-34(44(7)8)25(5)50-38)24(4)39(46)33-20-31-29(32(33)21-37(45)53-35)17-23(3)28-18-27(19-30(28)31)52-43-42(49-11)41(48-10)40(47-9)26(6)51-43/h17,20,22,24-32,34-36,38,40-43H,12-16,18-19,21H2,1-11H3. The molecule has 4 fully saturated rings. The highest BCUT2D eigenvalue weighted by Gasteiger charge is 2.54. The molecule has 3 saturated heterocycles. The quantitative estimate of drug-likeness (QED) is 0.200. The van der Waals surface area contributed by atoms with E-state index < -0.39 is 12.4 Å². The van der Waals surface area contributed by atoms with E-state index in [1.54, 1.807) is 21.3 Å². The number of Topliss-reactive ketones (excluding diaryl/α,β-unsaturated/α-hetero) is 1. The molecule has 0 bridgehead atoms. The summed E-state index contributed by atoms with van der Waals surface area (Å²) in [6, 6.07) is 0.334. The zero-order chi connectivity index (χ0) is 39.0. The van der Waals surface area contributed by atoms with Gasteiger partial charge in [0.2, 0.25) is 0 Å². The topological polar surface area (TPSA) is 111 Å². The van der Waals surface area contributed by atoms with E-state index in [2.05, 4.69) is 58.8 Å². The Balaban J connectivity index is 1.24. The van der Waals surface area contributed by atoms with Gasteiger partial charge in [-0.1, -0.05) is 38.5 Å². The number of cyclic esters (lactones) is 1. The number of ketones is 1. The summed E-state index contributed by atoms with van der Waals surface area (Å²) >= 11 is 0.